The highest BCUT2D eigenvalue weighted by atomic mass is 16.5. The van der Waals surface area contributed by atoms with Crippen LogP contribution in [0.2, 0.25) is 0 Å². The van der Waals surface area contributed by atoms with Crippen LogP contribution in [0.25, 0.3) is 0 Å². The molecule has 1 rings (SSSR count). The van der Waals surface area contributed by atoms with Gasteiger partial charge in [-0.25, -0.2) is 4.79 Å². The molecule has 11 heavy (non-hydrogen) atoms. The second kappa shape index (κ2) is 3.19. The monoisotopic (exact) mass is 159 g/mol. The predicted octanol–water partition coefficient (Wildman–Crippen LogP) is -0.742. The first-order valence-corrected chi connectivity index (χ1v) is 3.68. The van der Waals surface area contributed by atoms with Crippen molar-refractivity contribution in [3.63, 3.8) is 0 Å². The van der Waals surface area contributed by atoms with Gasteiger partial charge in [-0.15, -0.1) is 0 Å². The summed E-state index contributed by atoms with van der Waals surface area (Å²) in [4.78, 5) is 10.7. The molecule has 2 atom stereocenters. The molecule has 0 spiro atoms. The van der Waals surface area contributed by atoms with Crippen LogP contribution in [0.5, 0.6) is 0 Å². The van der Waals surface area contributed by atoms with Gasteiger partial charge in [0.2, 0.25) is 0 Å². The highest BCUT2D eigenvalue weighted by Crippen LogP contribution is 2.32. The highest BCUT2D eigenvalue weighted by Gasteiger charge is 2.36. The molecular weight excluding hydrogens is 146 g/mol. The van der Waals surface area contributed by atoms with Crippen molar-refractivity contribution in [2.75, 3.05) is 7.11 Å². The number of methoxy groups -OCH3 is 1. The van der Waals surface area contributed by atoms with E-state index in [0.717, 1.165) is 12.8 Å². The smallest absolute Gasteiger partial charge is 0.336 e. The quantitative estimate of drug-likeness (QED) is 0.532. The van der Waals surface area contributed by atoms with Crippen molar-refractivity contribution >= 4 is 5.97 Å². The van der Waals surface area contributed by atoms with Gasteiger partial charge in [0, 0.05) is 6.04 Å². The number of nitrogens with two attached hydrogens (primary N) is 1. The van der Waals surface area contributed by atoms with E-state index < -0.39 is 18.1 Å². The van der Waals surface area contributed by atoms with Gasteiger partial charge in [0.25, 0.3) is 0 Å². The molecule has 2 unspecified atom stereocenters. The van der Waals surface area contributed by atoms with Gasteiger partial charge in [0.05, 0.1) is 7.11 Å². The average molecular weight is 159 g/mol. The summed E-state index contributed by atoms with van der Waals surface area (Å²) >= 11 is 0. The molecule has 0 heterocycles. The lowest BCUT2D eigenvalue weighted by Crippen LogP contribution is -2.42. The number of hydrogen-bond acceptors (Lipinski definition) is 4. The van der Waals surface area contributed by atoms with Gasteiger partial charge in [0.1, 0.15) is 0 Å². The summed E-state index contributed by atoms with van der Waals surface area (Å²) in [5.74, 6) is -0.325. The van der Waals surface area contributed by atoms with Crippen LogP contribution in [0.15, 0.2) is 0 Å². The van der Waals surface area contributed by atoms with Crippen molar-refractivity contribution in [2.45, 2.75) is 25.0 Å². The third-order valence-electron chi connectivity index (χ3n) is 1.97. The fourth-order valence-corrected chi connectivity index (χ4v) is 1.02. The maximum absolute atomic E-state index is 10.7. The average Bonchev–Trinajstić information content (AvgIpc) is 2.82. The fraction of sp³-hybridized carbons (Fsp3) is 0.857. The van der Waals surface area contributed by atoms with Crippen LogP contribution in [0.1, 0.15) is 12.8 Å². The van der Waals surface area contributed by atoms with Crippen molar-refractivity contribution in [3.05, 3.63) is 0 Å². The van der Waals surface area contributed by atoms with Gasteiger partial charge in [-0.2, -0.15) is 0 Å². The summed E-state index contributed by atoms with van der Waals surface area (Å²) in [5, 5.41) is 9.20. The normalized spacial score (nSPS) is 22.5. The largest absolute Gasteiger partial charge is 0.467 e. The highest BCUT2D eigenvalue weighted by molar-refractivity contribution is 5.75. The predicted molar refractivity (Wildman–Crippen MR) is 38.7 cm³/mol. The zero-order valence-electron chi connectivity index (χ0n) is 6.49. The molecule has 4 nitrogen and oxygen atoms in total. The number of carbonyl (C=O) groups is 1. The third-order valence-corrected chi connectivity index (χ3v) is 1.97. The van der Waals surface area contributed by atoms with Gasteiger partial charge >= 0.3 is 5.97 Å². The maximum atomic E-state index is 10.7. The third kappa shape index (κ3) is 1.91. The first kappa shape index (κ1) is 8.49. The first-order valence-electron chi connectivity index (χ1n) is 3.68. The molecule has 0 aromatic heterocycles. The Morgan fingerprint density at radius 2 is 2.27 bits per heavy atom. The number of hydrogen-bond donors (Lipinski definition) is 2. The Morgan fingerprint density at radius 3 is 2.64 bits per heavy atom. The topological polar surface area (TPSA) is 72.5 Å². The number of aliphatic hydroxyl groups is 1. The molecule has 1 aliphatic carbocycles. The van der Waals surface area contributed by atoms with Crippen molar-refractivity contribution in [2.24, 2.45) is 11.7 Å². The second-order valence-electron chi connectivity index (χ2n) is 2.88. The number of ether oxygens (including phenoxy) is 1. The van der Waals surface area contributed by atoms with E-state index in [1.54, 1.807) is 0 Å². The minimum atomic E-state index is -1.15. The van der Waals surface area contributed by atoms with E-state index in [2.05, 4.69) is 4.74 Å². The van der Waals surface area contributed by atoms with Gasteiger partial charge in [-0.05, 0) is 18.8 Å². The Balaban J connectivity index is 2.38. The van der Waals surface area contributed by atoms with Crippen molar-refractivity contribution < 1.29 is 14.6 Å². The lowest BCUT2D eigenvalue weighted by Gasteiger charge is -2.15. The number of carbonyl (C=O) groups excluding carboxylic acids is 1. The van der Waals surface area contributed by atoms with Gasteiger partial charge < -0.3 is 15.6 Å². The SMILES string of the molecule is COC(=O)C(O)C(N)C1CC1. The Hall–Kier alpha value is -0.610. The first-order chi connectivity index (χ1) is 5.16. The zero-order valence-corrected chi connectivity index (χ0v) is 6.49. The molecule has 64 valence electrons. The molecule has 1 aliphatic rings. The molecule has 0 aromatic carbocycles. The summed E-state index contributed by atoms with van der Waals surface area (Å²) in [5.41, 5.74) is 5.55. The molecule has 0 bridgehead atoms. The number of rotatable bonds is 3. The molecule has 0 aromatic rings. The number of esters is 1. The van der Waals surface area contributed by atoms with Crippen LogP contribution in [0.4, 0.5) is 0 Å². The van der Waals surface area contributed by atoms with Crippen molar-refractivity contribution in [1.29, 1.82) is 0 Å². The van der Waals surface area contributed by atoms with Gasteiger partial charge in [-0.1, -0.05) is 0 Å². The Bertz CT molecular complexity index is 156. The lowest BCUT2D eigenvalue weighted by atomic mass is 10.1. The van der Waals surface area contributed by atoms with Crippen LogP contribution in [-0.2, 0) is 9.53 Å². The molecule has 0 saturated heterocycles. The summed E-state index contributed by atoms with van der Waals surface area (Å²) in [6.07, 6.45) is 0.872. The van der Waals surface area contributed by atoms with Crippen LogP contribution < -0.4 is 5.73 Å². The van der Waals surface area contributed by atoms with Crippen LogP contribution >= 0.6 is 0 Å². The molecular formula is C7H13NO3. The summed E-state index contributed by atoms with van der Waals surface area (Å²) in [6.45, 7) is 0. The Labute approximate surface area is 65.3 Å². The molecule has 0 radical (unpaired) electrons. The summed E-state index contributed by atoms with van der Waals surface area (Å²) < 4.78 is 4.34. The van der Waals surface area contributed by atoms with Gasteiger partial charge in [-0.3, -0.25) is 0 Å². The van der Waals surface area contributed by atoms with E-state index in [0.29, 0.717) is 5.92 Å². The van der Waals surface area contributed by atoms with E-state index in [4.69, 9.17) is 5.73 Å². The molecule has 0 amide bonds. The van der Waals surface area contributed by atoms with Crippen LogP contribution in [-0.4, -0.2) is 30.3 Å². The summed E-state index contributed by atoms with van der Waals surface area (Å²) in [6, 6.07) is -0.442. The number of aliphatic hydroxyl groups excluding tert-OH is 1. The van der Waals surface area contributed by atoms with E-state index >= 15 is 0 Å². The molecule has 1 saturated carbocycles. The Morgan fingerprint density at radius 1 is 1.73 bits per heavy atom. The van der Waals surface area contributed by atoms with Crippen molar-refractivity contribution in [3.8, 4) is 0 Å². The standard InChI is InChI=1S/C7H13NO3/c1-11-7(10)6(9)5(8)4-2-3-4/h4-6,9H,2-3,8H2,1H3. The second-order valence-corrected chi connectivity index (χ2v) is 2.88. The van der Waals surface area contributed by atoms with Gasteiger partial charge in [0.15, 0.2) is 6.10 Å². The van der Waals surface area contributed by atoms with Crippen molar-refractivity contribution in [1.82, 2.24) is 0 Å². The van der Waals surface area contributed by atoms with E-state index in [-0.39, 0.29) is 0 Å². The van der Waals surface area contributed by atoms with Crippen LogP contribution in [0, 0.1) is 5.92 Å². The molecule has 4 heteroatoms. The zero-order chi connectivity index (χ0) is 8.43. The van der Waals surface area contributed by atoms with E-state index in [9.17, 15) is 9.90 Å². The minimum Gasteiger partial charge on any atom is -0.467 e. The summed E-state index contributed by atoms with van der Waals surface area (Å²) in [7, 11) is 1.24. The molecule has 0 aliphatic heterocycles. The van der Waals surface area contributed by atoms with Crippen LogP contribution in [0.3, 0.4) is 0 Å². The van der Waals surface area contributed by atoms with E-state index in [1.807, 2.05) is 0 Å². The maximum Gasteiger partial charge on any atom is 0.336 e. The molecule has 1 fully saturated rings. The fourth-order valence-electron chi connectivity index (χ4n) is 1.02. The molecule has 3 N–H and O–H groups in total. The van der Waals surface area contributed by atoms with E-state index in [1.165, 1.54) is 7.11 Å². The lowest BCUT2D eigenvalue weighted by molar-refractivity contribution is -0.151. The Kier molecular flexibility index (Phi) is 2.46. The minimum absolute atomic E-state index is 0.309.